The Balaban J connectivity index is 1.25. The molecule has 9 nitrogen and oxygen atoms in total. The second-order valence-electron chi connectivity index (χ2n) is 7.63. The van der Waals surface area contributed by atoms with E-state index in [1.54, 1.807) is 0 Å². The number of aliphatic imine (C=N–C) groups is 1. The number of ether oxygens (including phenoxy) is 2. The molecule has 0 amide bonds. The minimum atomic E-state index is 0.280. The molecule has 0 aromatic carbocycles. The summed E-state index contributed by atoms with van der Waals surface area (Å²) in [6, 6.07) is 1.86. The van der Waals surface area contributed by atoms with E-state index < -0.39 is 0 Å². The van der Waals surface area contributed by atoms with E-state index >= 15 is 0 Å². The van der Waals surface area contributed by atoms with Gasteiger partial charge in [-0.15, -0.1) is 0 Å². The van der Waals surface area contributed by atoms with E-state index in [1.807, 2.05) is 18.5 Å². The first kappa shape index (κ1) is 22.7. The summed E-state index contributed by atoms with van der Waals surface area (Å²) in [5.74, 6) is 1.74. The van der Waals surface area contributed by atoms with Crippen LogP contribution in [-0.4, -0.2) is 99.1 Å². The molecule has 0 spiro atoms. The molecular formula is C21H37N7O2. The second-order valence-corrected chi connectivity index (χ2v) is 7.63. The maximum absolute atomic E-state index is 5.79. The van der Waals surface area contributed by atoms with Crippen LogP contribution in [0.2, 0.25) is 0 Å². The van der Waals surface area contributed by atoms with E-state index in [0.29, 0.717) is 0 Å². The normalized spacial score (nSPS) is 20.5. The van der Waals surface area contributed by atoms with E-state index in [4.69, 9.17) is 9.47 Å². The molecule has 9 heteroatoms. The average Bonchev–Trinajstić information content (AvgIpc) is 3.31. The van der Waals surface area contributed by atoms with Crippen LogP contribution in [0.4, 0.5) is 5.95 Å². The Labute approximate surface area is 180 Å². The molecule has 0 radical (unpaired) electrons. The zero-order chi connectivity index (χ0) is 20.9. The molecule has 1 aromatic heterocycles. The molecule has 0 bridgehead atoms. The van der Waals surface area contributed by atoms with Crippen molar-refractivity contribution in [3.8, 4) is 0 Å². The van der Waals surface area contributed by atoms with E-state index in [0.717, 1.165) is 103 Å². The van der Waals surface area contributed by atoms with Crippen LogP contribution in [0.15, 0.2) is 23.5 Å². The highest BCUT2D eigenvalue weighted by atomic mass is 16.5. The summed E-state index contributed by atoms with van der Waals surface area (Å²) in [5.41, 5.74) is 0. The van der Waals surface area contributed by atoms with Gasteiger partial charge in [0.2, 0.25) is 5.95 Å². The Morgan fingerprint density at radius 3 is 2.77 bits per heavy atom. The lowest BCUT2D eigenvalue weighted by Gasteiger charge is -2.34. The van der Waals surface area contributed by atoms with Crippen molar-refractivity contribution < 1.29 is 9.47 Å². The van der Waals surface area contributed by atoms with Crippen LogP contribution >= 0.6 is 0 Å². The quantitative estimate of drug-likeness (QED) is 0.309. The molecule has 2 saturated heterocycles. The van der Waals surface area contributed by atoms with Gasteiger partial charge in [0, 0.05) is 71.4 Å². The van der Waals surface area contributed by atoms with Gasteiger partial charge in [0.25, 0.3) is 0 Å². The molecule has 1 atom stereocenters. The summed E-state index contributed by atoms with van der Waals surface area (Å²) in [5, 5.41) is 6.77. The van der Waals surface area contributed by atoms with Gasteiger partial charge in [-0.2, -0.15) is 0 Å². The minimum Gasteiger partial charge on any atom is -0.379 e. The van der Waals surface area contributed by atoms with Crippen LogP contribution in [0.5, 0.6) is 0 Å². The van der Waals surface area contributed by atoms with Gasteiger partial charge in [-0.3, -0.25) is 9.89 Å². The van der Waals surface area contributed by atoms with Crippen LogP contribution in [0.1, 0.15) is 26.2 Å². The predicted molar refractivity (Wildman–Crippen MR) is 119 cm³/mol. The number of guanidine groups is 1. The fourth-order valence-electron chi connectivity index (χ4n) is 3.63. The van der Waals surface area contributed by atoms with Gasteiger partial charge in [-0.1, -0.05) is 0 Å². The van der Waals surface area contributed by atoms with Crippen molar-refractivity contribution in [3.63, 3.8) is 0 Å². The van der Waals surface area contributed by atoms with Gasteiger partial charge in [-0.25, -0.2) is 9.97 Å². The monoisotopic (exact) mass is 419 g/mol. The SMILES string of the molecule is CCNC(=NCCCOC1CCOC1)NCCCN1CCN(c2ncccn2)CC1. The maximum atomic E-state index is 5.79. The first-order chi connectivity index (χ1) is 14.8. The fourth-order valence-corrected chi connectivity index (χ4v) is 3.63. The van der Waals surface area contributed by atoms with E-state index in [2.05, 4.69) is 42.3 Å². The van der Waals surface area contributed by atoms with E-state index in [1.165, 1.54) is 0 Å². The lowest BCUT2D eigenvalue weighted by molar-refractivity contribution is 0.0424. The first-order valence-corrected chi connectivity index (χ1v) is 11.3. The molecule has 3 rings (SSSR count). The molecule has 2 fully saturated rings. The Bertz CT molecular complexity index is 603. The summed E-state index contributed by atoms with van der Waals surface area (Å²) in [7, 11) is 0. The molecule has 168 valence electrons. The fraction of sp³-hybridized carbons (Fsp3) is 0.762. The molecule has 0 saturated carbocycles. The van der Waals surface area contributed by atoms with Crippen molar-refractivity contribution >= 4 is 11.9 Å². The number of aromatic nitrogens is 2. The highest BCUT2D eigenvalue weighted by Gasteiger charge is 2.18. The van der Waals surface area contributed by atoms with Gasteiger partial charge in [0.15, 0.2) is 5.96 Å². The molecule has 3 heterocycles. The first-order valence-electron chi connectivity index (χ1n) is 11.3. The van der Waals surface area contributed by atoms with Gasteiger partial charge in [0.1, 0.15) is 0 Å². The van der Waals surface area contributed by atoms with Crippen LogP contribution in [0.25, 0.3) is 0 Å². The zero-order valence-electron chi connectivity index (χ0n) is 18.3. The minimum absolute atomic E-state index is 0.280. The number of nitrogens with one attached hydrogen (secondary N) is 2. The average molecular weight is 420 g/mol. The predicted octanol–water partition coefficient (Wildman–Crippen LogP) is 0.739. The molecule has 0 aliphatic carbocycles. The van der Waals surface area contributed by atoms with Crippen molar-refractivity contribution in [2.45, 2.75) is 32.3 Å². The van der Waals surface area contributed by atoms with Gasteiger partial charge in [0.05, 0.1) is 12.7 Å². The number of rotatable bonds is 11. The van der Waals surface area contributed by atoms with Crippen molar-refractivity contribution in [1.29, 1.82) is 0 Å². The molecule has 2 N–H and O–H groups in total. The largest absolute Gasteiger partial charge is 0.379 e. The van der Waals surface area contributed by atoms with Crippen molar-refractivity contribution in [2.75, 3.05) is 77.1 Å². The third-order valence-corrected chi connectivity index (χ3v) is 5.31. The number of nitrogens with zero attached hydrogens (tertiary/aromatic N) is 5. The van der Waals surface area contributed by atoms with E-state index in [9.17, 15) is 0 Å². The topological polar surface area (TPSA) is 87.1 Å². The summed E-state index contributed by atoms with van der Waals surface area (Å²) in [6.45, 7) is 12.1. The van der Waals surface area contributed by atoms with Crippen LogP contribution in [0.3, 0.4) is 0 Å². The van der Waals surface area contributed by atoms with Crippen molar-refractivity contribution in [2.24, 2.45) is 4.99 Å². The smallest absolute Gasteiger partial charge is 0.225 e. The van der Waals surface area contributed by atoms with Crippen molar-refractivity contribution in [3.05, 3.63) is 18.5 Å². The number of piperazine rings is 1. The Morgan fingerprint density at radius 1 is 1.20 bits per heavy atom. The molecule has 1 aromatic rings. The Hall–Kier alpha value is -1.97. The highest BCUT2D eigenvalue weighted by molar-refractivity contribution is 5.79. The van der Waals surface area contributed by atoms with Gasteiger partial charge < -0.3 is 25.0 Å². The molecule has 2 aliphatic rings. The standard InChI is InChI=1S/C21H37N7O2/c1-2-22-20(24-10-5-16-30-19-6-17-29-18-19)23-9-4-11-27-12-14-28(15-13-27)21-25-7-3-8-26-21/h3,7-8,19H,2,4-6,9-18H2,1H3,(H2,22,23,24). The van der Waals surface area contributed by atoms with Crippen LogP contribution in [-0.2, 0) is 9.47 Å². The summed E-state index contributed by atoms with van der Waals surface area (Å²) in [6.07, 6.45) is 6.94. The lowest BCUT2D eigenvalue weighted by atomic mass is 10.3. The Morgan fingerprint density at radius 2 is 2.03 bits per heavy atom. The van der Waals surface area contributed by atoms with Gasteiger partial charge in [-0.05, 0) is 38.8 Å². The second kappa shape index (κ2) is 13.4. The number of hydrogen-bond donors (Lipinski definition) is 2. The third kappa shape index (κ3) is 8.04. The van der Waals surface area contributed by atoms with E-state index in [-0.39, 0.29) is 6.10 Å². The van der Waals surface area contributed by atoms with Crippen LogP contribution in [0, 0.1) is 0 Å². The molecule has 30 heavy (non-hydrogen) atoms. The van der Waals surface area contributed by atoms with Crippen molar-refractivity contribution in [1.82, 2.24) is 25.5 Å². The molecule has 2 aliphatic heterocycles. The van der Waals surface area contributed by atoms with Gasteiger partial charge >= 0.3 is 0 Å². The number of anilines is 1. The highest BCUT2D eigenvalue weighted by Crippen LogP contribution is 2.10. The van der Waals surface area contributed by atoms with Crippen LogP contribution < -0.4 is 15.5 Å². The summed E-state index contributed by atoms with van der Waals surface area (Å²) in [4.78, 5) is 18.1. The summed E-state index contributed by atoms with van der Waals surface area (Å²) < 4.78 is 11.1. The lowest BCUT2D eigenvalue weighted by Crippen LogP contribution is -2.47. The summed E-state index contributed by atoms with van der Waals surface area (Å²) >= 11 is 0. The molecular weight excluding hydrogens is 382 g/mol. The number of hydrogen-bond acceptors (Lipinski definition) is 7. The third-order valence-electron chi connectivity index (χ3n) is 5.31. The Kier molecular flexibility index (Phi) is 10.1. The maximum Gasteiger partial charge on any atom is 0.225 e. The zero-order valence-corrected chi connectivity index (χ0v) is 18.3. The molecule has 1 unspecified atom stereocenters.